The second kappa shape index (κ2) is 5.93. The van der Waals surface area contributed by atoms with Gasteiger partial charge in [0, 0.05) is 12.0 Å². The Morgan fingerprint density at radius 1 is 1.69 bits per heavy atom. The van der Waals surface area contributed by atoms with E-state index in [-0.39, 0.29) is 6.10 Å². The Hall–Kier alpha value is -0.980. The Labute approximate surface area is 98.3 Å². The predicted octanol–water partition coefficient (Wildman–Crippen LogP) is 1.72. The Morgan fingerprint density at radius 2 is 2.38 bits per heavy atom. The first-order valence-corrected chi connectivity index (χ1v) is 6.03. The van der Waals surface area contributed by atoms with Crippen LogP contribution in [0, 0.1) is 0 Å². The molecule has 0 aliphatic heterocycles. The molecule has 5 nitrogen and oxygen atoms in total. The van der Waals surface area contributed by atoms with Crippen molar-refractivity contribution in [1.29, 1.82) is 0 Å². The molecule has 90 valence electrons. The van der Waals surface area contributed by atoms with Crippen molar-refractivity contribution in [2.75, 3.05) is 6.61 Å². The van der Waals surface area contributed by atoms with Gasteiger partial charge in [0.15, 0.2) is 0 Å². The molecule has 0 saturated carbocycles. The first kappa shape index (κ1) is 13.1. The number of rotatable bonds is 6. The normalized spacial score (nSPS) is 14.7. The minimum atomic E-state index is -1.07. The van der Waals surface area contributed by atoms with E-state index in [1.165, 1.54) is 11.3 Å². The SMILES string of the molecule is CCOC(CC)c1nc(C(N)C(=O)O)cs1. The number of carboxylic acid groups (broad SMARTS) is 1. The number of aliphatic carboxylic acids is 1. The smallest absolute Gasteiger partial charge is 0.326 e. The number of nitrogens with zero attached hydrogens (tertiary/aromatic N) is 1. The number of ether oxygens (including phenoxy) is 1. The van der Waals surface area contributed by atoms with Gasteiger partial charge in [-0.05, 0) is 13.3 Å². The van der Waals surface area contributed by atoms with Crippen LogP contribution in [-0.2, 0) is 9.53 Å². The van der Waals surface area contributed by atoms with Crippen molar-refractivity contribution in [3.05, 3.63) is 16.1 Å². The average Bonchev–Trinajstić information content (AvgIpc) is 2.73. The first-order valence-electron chi connectivity index (χ1n) is 5.15. The van der Waals surface area contributed by atoms with Crippen LogP contribution < -0.4 is 5.73 Å². The van der Waals surface area contributed by atoms with Crippen LogP contribution >= 0.6 is 11.3 Å². The van der Waals surface area contributed by atoms with Gasteiger partial charge in [-0.25, -0.2) is 4.98 Å². The van der Waals surface area contributed by atoms with Crippen molar-refractivity contribution in [3.63, 3.8) is 0 Å². The molecule has 0 aliphatic carbocycles. The third-order valence-corrected chi connectivity index (χ3v) is 3.09. The highest BCUT2D eigenvalue weighted by Gasteiger charge is 2.20. The number of hydrogen-bond acceptors (Lipinski definition) is 5. The van der Waals surface area contributed by atoms with Crippen LogP contribution in [-0.4, -0.2) is 22.7 Å². The Bertz CT molecular complexity index is 354. The molecule has 0 amide bonds. The summed E-state index contributed by atoms with van der Waals surface area (Å²) in [6.07, 6.45) is 0.744. The van der Waals surface area contributed by atoms with Crippen molar-refractivity contribution >= 4 is 17.3 Å². The maximum atomic E-state index is 10.7. The number of carbonyl (C=O) groups is 1. The van der Waals surface area contributed by atoms with Gasteiger partial charge in [-0.1, -0.05) is 6.92 Å². The van der Waals surface area contributed by atoms with Gasteiger partial charge in [0.2, 0.25) is 0 Å². The molecule has 2 unspecified atom stereocenters. The lowest BCUT2D eigenvalue weighted by molar-refractivity contribution is -0.138. The van der Waals surface area contributed by atoms with Gasteiger partial charge in [0.25, 0.3) is 0 Å². The lowest BCUT2D eigenvalue weighted by Crippen LogP contribution is -2.21. The van der Waals surface area contributed by atoms with E-state index in [1.54, 1.807) is 5.38 Å². The Morgan fingerprint density at radius 3 is 2.88 bits per heavy atom. The maximum absolute atomic E-state index is 10.7. The number of thiazole rings is 1. The summed E-state index contributed by atoms with van der Waals surface area (Å²) >= 11 is 1.39. The lowest BCUT2D eigenvalue weighted by atomic mass is 10.2. The van der Waals surface area contributed by atoms with Gasteiger partial charge in [-0.15, -0.1) is 11.3 Å². The van der Waals surface area contributed by atoms with E-state index < -0.39 is 12.0 Å². The third kappa shape index (κ3) is 3.01. The molecule has 16 heavy (non-hydrogen) atoms. The standard InChI is InChI=1S/C10H16N2O3S/c1-3-7(15-4-2)9-12-6(5-16-9)8(11)10(13)14/h5,7-8H,3-4,11H2,1-2H3,(H,13,14). The fraction of sp³-hybridized carbons (Fsp3) is 0.600. The third-order valence-electron chi connectivity index (χ3n) is 2.14. The first-order chi connectivity index (χ1) is 7.60. The van der Waals surface area contributed by atoms with Crippen LogP contribution in [0.3, 0.4) is 0 Å². The van der Waals surface area contributed by atoms with E-state index in [2.05, 4.69) is 4.98 Å². The molecular formula is C10H16N2O3S. The monoisotopic (exact) mass is 244 g/mol. The molecule has 1 aromatic rings. The number of carboxylic acids is 1. The van der Waals surface area contributed by atoms with Gasteiger partial charge in [0.1, 0.15) is 17.2 Å². The highest BCUT2D eigenvalue weighted by molar-refractivity contribution is 7.09. The van der Waals surface area contributed by atoms with Gasteiger partial charge in [-0.3, -0.25) is 4.79 Å². The van der Waals surface area contributed by atoms with E-state index in [0.717, 1.165) is 11.4 Å². The zero-order chi connectivity index (χ0) is 12.1. The lowest BCUT2D eigenvalue weighted by Gasteiger charge is -2.11. The summed E-state index contributed by atoms with van der Waals surface area (Å²) in [5.41, 5.74) is 5.86. The molecule has 0 aliphatic rings. The Balaban J connectivity index is 2.80. The average molecular weight is 244 g/mol. The molecule has 6 heteroatoms. The topological polar surface area (TPSA) is 85.4 Å². The molecule has 2 atom stereocenters. The van der Waals surface area contributed by atoms with Gasteiger partial charge in [-0.2, -0.15) is 0 Å². The van der Waals surface area contributed by atoms with Crippen LogP contribution in [0.4, 0.5) is 0 Å². The second-order valence-electron chi connectivity index (χ2n) is 3.28. The number of hydrogen-bond donors (Lipinski definition) is 2. The molecule has 1 aromatic heterocycles. The van der Waals surface area contributed by atoms with E-state index in [0.29, 0.717) is 12.3 Å². The van der Waals surface area contributed by atoms with Crippen molar-refractivity contribution in [1.82, 2.24) is 4.98 Å². The van der Waals surface area contributed by atoms with Crippen molar-refractivity contribution in [3.8, 4) is 0 Å². The van der Waals surface area contributed by atoms with Crippen molar-refractivity contribution in [2.45, 2.75) is 32.4 Å². The van der Waals surface area contributed by atoms with Crippen LogP contribution in [0.1, 0.15) is 43.1 Å². The molecule has 0 aromatic carbocycles. The quantitative estimate of drug-likeness (QED) is 0.795. The highest BCUT2D eigenvalue weighted by atomic mass is 32.1. The van der Waals surface area contributed by atoms with Gasteiger partial charge in [0.05, 0.1) is 5.69 Å². The molecule has 1 rings (SSSR count). The number of aromatic nitrogens is 1. The fourth-order valence-electron chi connectivity index (χ4n) is 1.28. The Kier molecular flexibility index (Phi) is 4.85. The van der Waals surface area contributed by atoms with Crippen molar-refractivity contribution < 1.29 is 14.6 Å². The summed E-state index contributed by atoms with van der Waals surface area (Å²) in [5.74, 6) is -1.07. The summed E-state index contributed by atoms with van der Waals surface area (Å²) < 4.78 is 5.49. The number of nitrogens with two attached hydrogens (primary N) is 1. The van der Waals surface area contributed by atoms with Crippen molar-refractivity contribution in [2.24, 2.45) is 5.73 Å². The molecular weight excluding hydrogens is 228 g/mol. The van der Waals surface area contributed by atoms with Crippen LogP contribution in [0.2, 0.25) is 0 Å². The molecule has 0 spiro atoms. The molecule has 0 radical (unpaired) electrons. The van der Waals surface area contributed by atoms with Gasteiger partial charge < -0.3 is 15.6 Å². The summed E-state index contributed by atoms with van der Waals surface area (Å²) in [6, 6.07) is -1.05. The summed E-state index contributed by atoms with van der Waals surface area (Å²) in [4.78, 5) is 14.9. The van der Waals surface area contributed by atoms with Crippen LogP contribution in [0.5, 0.6) is 0 Å². The van der Waals surface area contributed by atoms with Crippen LogP contribution in [0.25, 0.3) is 0 Å². The maximum Gasteiger partial charge on any atom is 0.326 e. The minimum Gasteiger partial charge on any atom is -0.480 e. The van der Waals surface area contributed by atoms with E-state index in [1.807, 2.05) is 13.8 Å². The minimum absolute atomic E-state index is 0.0651. The molecule has 0 saturated heterocycles. The predicted molar refractivity (Wildman–Crippen MR) is 61.3 cm³/mol. The summed E-state index contributed by atoms with van der Waals surface area (Å²) in [5, 5.41) is 11.2. The van der Waals surface area contributed by atoms with Gasteiger partial charge >= 0.3 is 5.97 Å². The van der Waals surface area contributed by atoms with E-state index in [9.17, 15) is 4.79 Å². The highest BCUT2D eigenvalue weighted by Crippen LogP contribution is 2.26. The molecule has 3 N–H and O–H groups in total. The van der Waals surface area contributed by atoms with E-state index in [4.69, 9.17) is 15.6 Å². The zero-order valence-electron chi connectivity index (χ0n) is 9.34. The largest absolute Gasteiger partial charge is 0.480 e. The van der Waals surface area contributed by atoms with Crippen LogP contribution in [0.15, 0.2) is 5.38 Å². The molecule has 1 heterocycles. The molecule has 0 fully saturated rings. The zero-order valence-corrected chi connectivity index (χ0v) is 10.2. The fourth-order valence-corrected chi connectivity index (χ4v) is 2.27. The summed E-state index contributed by atoms with van der Waals surface area (Å²) in [6.45, 7) is 4.52. The van der Waals surface area contributed by atoms with E-state index >= 15 is 0 Å². The second-order valence-corrected chi connectivity index (χ2v) is 4.17. The summed E-state index contributed by atoms with van der Waals surface area (Å²) in [7, 11) is 0. The molecule has 0 bridgehead atoms.